The molecule has 6 heteroatoms. The number of aromatic nitrogens is 2. The fourth-order valence-electron chi connectivity index (χ4n) is 3.01. The zero-order valence-electron chi connectivity index (χ0n) is 16.9. The number of rotatable bonds is 6. The highest BCUT2D eigenvalue weighted by molar-refractivity contribution is 7.99. The minimum absolute atomic E-state index is 0.0547. The topological polar surface area (TPSA) is 68.0 Å². The molecule has 0 saturated heterocycles. The Bertz CT molecular complexity index is 977. The van der Waals surface area contributed by atoms with Gasteiger partial charge in [-0.05, 0) is 63.4 Å². The highest BCUT2D eigenvalue weighted by Crippen LogP contribution is 2.25. The van der Waals surface area contributed by atoms with Crippen LogP contribution < -0.4 is 5.32 Å². The van der Waals surface area contributed by atoms with Gasteiger partial charge in [0.2, 0.25) is 11.8 Å². The van der Waals surface area contributed by atoms with Crippen molar-refractivity contribution in [1.29, 1.82) is 0 Å². The summed E-state index contributed by atoms with van der Waals surface area (Å²) >= 11 is 1.24. The predicted octanol–water partition coefficient (Wildman–Crippen LogP) is 4.94. The standard InChI is InChI=1S/C22H25N3O2S/c1-13-8-14(2)10-19(9-13)21-24-25-22(27-21)28-12-20(26)23-17(5)18-7-6-15(3)16(4)11-18/h6-11,17H,12H2,1-5H3,(H,23,26)/t17-/m0/s1. The smallest absolute Gasteiger partial charge is 0.277 e. The molecule has 0 aliphatic heterocycles. The van der Waals surface area contributed by atoms with Gasteiger partial charge in [-0.3, -0.25) is 4.79 Å². The lowest BCUT2D eigenvalue weighted by Crippen LogP contribution is -2.28. The summed E-state index contributed by atoms with van der Waals surface area (Å²) in [7, 11) is 0. The number of aryl methyl sites for hydroxylation is 4. The van der Waals surface area contributed by atoms with Gasteiger partial charge in [0.1, 0.15) is 0 Å². The van der Waals surface area contributed by atoms with E-state index in [0.717, 1.165) is 22.3 Å². The summed E-state index contributed by atoms with van der Waals surface area (Å²) in [5, 5.41) is 11.6. The molecule has 0 bridgehead atoms. The number of hydrogen-bond acceptors (Lipinski definition) is 5. The van der Waals surface area contributed by atoms with Gasteiger partial charge < -0.3 is 9.73 Å². The fraction of sp³-hybridized carbons (Fsp3) is 0.318. The van der Waals surface area contributed by atoms with Crippen LogP contribution in [0.5, 0.6) is 0 Å². The van der Waals surface area contributed by atoms with Crippen LogP contribution in [0.15, 0.2) is 46.0 Å². The lowest BCUT2D eigenvalue weighted by Gasteiger charge is -2.15. The van der Waals surface area contributed by atoms with Crippen LogP contribution in [0.1, 0.15) is 40.8 Å². The highest BCUT2D eigenvalue weighted by Gasteiger charge is 2.14. The number of thioether (sulfide) groups is 1. The molecule has 0 unspecified atom stereocenters. The Morgan fingerprint density at radius 3 is 2.43 bits per heavy atom. The van der Waals surface area contributed by atoms with Gasteiger partial charge in [0.15, 0.2) is 0 Å². The SMILES string of the molecule is Cc1cc(C)cc(-c2nnc(SCC(=O)N[C@@H](C)c3ccc(C)c(C)c3)o2)c1. The molecule has 1 amide bonds. The number of amides is 1. The lowest BCUT2D eigenvalue weighted by atomic mass is 10.0. The van der Waals surface area contributed by atoms with E-state index in [9.17, 15) is 4.79 Å². The van der Waals surface area contributed by atoms with E-state index in [0.29, 0.717) is 11.1 Å². The molecule has 28 heavy (non-hydrogen) atoms. The van der Waals surface area contributed by atoms with E-state index < -0.39 is 0 Å². The number of carbonyl (C=O) groups is 1. The maximum absolute atomic E-state index is 12.3. The summed E-state index contributed by atoms with van der Waals surface area (Å²) in [4.78, 5) is 12.3. The Kier molecular flexibility index (Phi) is 6.19. The van der Waals surface area contributed by atoms with Crippen molar-refractivity contribution in [1.82, 2.24) is 15.5 Å². The van der Waals surface area contributed by atoms with Crippen molar-refractivity contribution in [3.8, 4) is 11.5 Å². The molecule has 0 aliphatic rings. The van der Waals surface area contributed by atoms with Crippen molar-refractivity contribution in [2.45, 2.75) is 45.9 Å². The maximum atomic E-state index is 12.3. The number of carbonyl (C=O) groups excluding carboxylic acids is 1. The zero-order chi connectivity index (χ0) is 20.3. The molecule has 0 aliphatic carbocycles. The molecule has 0 radical (unpaired) electrons. The van der Waals surface area contributed by atoms with Crippen LogP contribution in [0.2, 0.25) is 0 Å². The second-order valence-electron chi connectivity index (χ2n) is 7.17. The molecule has 5 nitrogen and oxygen atoms in total. The second kappa shape index (κ2) is 8.61. The van der Waals surface area contributed by atoms with Gasteiger partial charge in [0.05, 0.1) is 11.8 Å². The van der Waals surface area contributed by atoms with E-state index in [1.54, 1.807) is 0 Å². The maximum Gasteiger partial charge on any atom is 0.277 e. The fourth-order valence-corrected chi connectivity index (χ4v) is 3.58. The van der Waals surface area contributed by atoms with E-state index in [2.05, 4.69) is 53.6 Å². The van der Waals surface area contributed by atoms with Gasteiger partial charge in [-0.1, -0.05) is 47.2 Å². The molecule has 2 aromatic carbocycles. The third-order valence-corrected chi connectivity index (χ3v) is 5.43. The van der Waals surface area contributed by atoms with E-state index in [1.165, 1.54) is 22.9 Å². The zero-order valence-corrected chi connectivity index (χ0v) is 17.7. The van der Waals surface area contributed by atoms with Gasteiger partial charge in [0, 0.05) is 5.56 Å². The van der Waals surface area contributed by atoms with E-state index in [4.69, 9.17) is 4.42 Å². The first-order valence-corrected chi connectivity index (χ1v) is 10.2. The van der Waals surface area contributed by atoms with Gasteiger partial charge in [-0.15, -0.1) is 10.2 Å². The Balaban J connectivity index is 1.57. The molecule has 146 valence electrons. The molecule has 3 rings (SSSR count). The Morgan fingerprint density at radius 2 is 1.75 bits per heavy atom. The largest absolute Gasteiger partial charge is 0.411 e. The first kappa shape index (κ1) is 20.1. The van der Waals surface area contributed by atoms with Crippen LogP contribution >= 0.6 is 11.8 Å². The summed E-state index contributed by atoms with van der Waals surface area (Å²) in [6, 6.07) is 12.3. The summed E-state index contributed by atoms with van der Waals surface area (Å²) in [6.45, 7) is 10.2. The molecule has 1 atom stereocenters. The molecule has 0 spiro atoms. The summed E-state index contributed by atoms with van der Waals surface area (Å²) in [5.74, 6) is 0.629. The Hall–Kier alpha value is -2.60. The van der Waals surface area contributed by atoms with E-state index >= 15 is 0 Å². The second-order valence-corrected chi connectivity index (χ2v) is 8.10. The van der Waals surface area contributed by atoms with Crippen molar-refractivity contribution in [2.75, 3.05) is 5.75 Å². The van der Waals surface area contributed by atoms with Crippen LogP contribution in [0, 0.1) is 27.7 Å². The van der Waals surface area contributed by atoms with Crippen LogP contribution in [-0.4, -0.2) is 21.9 Å². The average molecular weight is 396 g/mol. The number of nitrogens with zero attached hydrogens (tertiary/aromatic N) is 2. The van der Waals surface area contributed by atoms with Crippen molar-refractivity contribution < 1.29 is 9.21 Å². The molecular weight excluding hydrogens is 370 g/mol. The minimum atomic E-state index is -0.0677. The first-order chi connectivity index (χ1) is 13.3. The Labute approximate surface area is 170 Å². The monoisotopic (exact) mass is 395 g/mol. The van der Waals surface area contributed by atoms with Gasteiger partial charge in [-0.2, -0.15) is 0 Å². The molecule has 0 fully saturated rings. The third-order valence-electron chi connectivity index (χ3n) is 4.61. The quantitative estimate of drug-likeness (QED) is 0.599. The molecule has 1 N–H and O–H groups in total. The van der Waals surface area contributed by atoms with Crippen LogP contribution in [0.3, 0.4) is 0 Å². The summed E-state index contributed by atoms with van der Waals surface area (Å²) in [5.41, 5.74) is 6.73. The van der Waals surface area contributed by atoms with Crippen molar-refractivity contribution >= 4 is 17.7 Å². The third kappa shape index (κ3) is 5.01. The molecular formula is C22H25N3O2S. The van der Waals surface area contributed by atoms with E-state index in [-0.39, 0.29) is 17.7 Å². The molecule has 1 aromatic heterocycles. The normalized spacial score (nSPS) is 12.0. The van der Waals surface area contributed by atoms with Crippen molar-refractivity contribution in [3.05, 3.63) is 64.2 Å². The van der Waals surface area contributed by atoms with Gasteiger partial charge in [0.25, 0.3) is 5.22 Å². The molecule has 0 saturated carbocycles. The summed E-state index contributed by atoms with van der Waals surface area (Å²) < 4.78 is 5.71. The Morgan fingerprint density at radius 1 is 1.04 bits per heavy atom. The van der Waals surface area contributed by atoms with Crippen LogP contribution in [0.4, 0.5) is 0 Å². The van der Waals surface area contributed by atoms with Crippen molar-refractivity contribution in [3.63, 3.8) is 0 Å². The number of nitrogens with one attached hydrogen (secondary N) is 1. The lowest BCUT2D eigenvalue weighted by molar-refractivity contribution is -0.119. The minimum Gasteiger partial charge on any atom is -0.411 e. The first-order valence-electron chi connectivity index (χ1n) is 9.23. The highest BCUT2D eigenvalue weighted by atomic mass is 32.2. The van der Waals surface area contributed by atoms with Crippen LogP contribution in [0.25, 0.3) is 11.5 Å². The summed E-state index contributed by atoms with van der Waals surface area (Å²) in [6.07, 6.45) is 0. The van der Waals surface area contributed by atoms with Gasteiger partial charge in [-0.25, -0.2) is 0 Å². The van der Waals surface area contributed by atoms with Crippen molar-refractivity contribution in [2.24, 2.45) is 0 Å². The molecule has 3 aromatic rings. The van der Waals surface area contributed by atoms with E-state index in [1.807, 2.05) is 32.9 Å². The number of hydrogen-bond donors (Lipinski definition) is 1. The predicted molar refractivity (Wildman–Crippen MR) is 112 cm³/mol. The van der Waals surface area contributed by atoms with Crippen LogP contribution in [-0.2, 0) is 4.79 Å². The number of benzene rings is 2. The molecule has 1 heterocycles. The average Bonchev–Trinajstić information content (AvgIpc) is 3.10. The van der Waals surface area contributed by atoms with Gasteiger partial charge >= 0.3 is 0 Å².